The lowest BCUT2D eigenvalue weighted by Crippen LogP contribution is -2.48. The van der Waals surface area contributed by atoms with E-state index in [4.69, 9.17) is 11.6 Å². The molecule has 13 heavy (non-hydrogen) atoms. The second kappa shape index (κ2) is 4.18. The third kappa shape index (κ3) is 3.14. The van der Waals surface area contributed by atoms with Gasteiger partial charge in [-0.15, -0.1) is 11.6 Å². The Morgan fingerprint density at radius 2 is 2.15 bits per heavy atom. The lowest BCUT2D eigenvalue weighted by Gasteiger charge is -2.43. The third-order valence-electron chi connectivity index (χ3n) is 3.05. The first kappa shape index (κ1) is 11.3. The van der Waals surface area contributed by atoms with Crippen molar-refractivity contribution >= 4 is 11.6 Å². The Balaban J connectivity index is 2.57. The molecule has 78 valence electrons. The molecule has 1 nitrogen and oxygen atoms in total. The number of hydrogen-bond donors (Lipinski definition) is 0. The zero-order valence-corrected chi connectivity index (χ0v) is 10.1. The van der Waals surface area contributed by atoms with Crippen molar-refractivity contribution in [3.63, 3.8) is 0 Å². The highest BCUT2D eigenvalue weighted by Gasteiger charge is 2.32. The van der Waals surface area contributed by atoms with Gasteiger partial charge in [-0.2, -0.15) is 0 Å². The average Bonchev–Trinajstić information content (AvgIpc) is 1.99. The van der Waals surface area contributed by atoms with E-state index in [1.54, 1.807) is 0 Å². The van der Waals surface area contributed by atoms with Gasteiger partial charge in [0.05, 0.1) is 0 Å². The summed E-state index contributed by atoms with van der Waals surface area (Å²) < 4.78 is 0. The molecule has 2 unspecified atom stereocenters. The summed E-state index contributed by atoms with van der Waals surface area (Å²) in [6.45, 7) is 11.4. The van der Waals surface area contributed by atoms with Crippen molar-refractivity contribution in [1.29, 1.82) is 0 Å². The largest absolute Gasteiger partial charge is 0.299 e. The SMILES string of the molecule is CCC(C)N1CC(Cl)CC(C)(C)C1. The van der Waals surface area contributed by atoms with Gasteiger partial charge in [0, 0.05) is 24.5 Å². The van der Waals surface area contributed by atoms with Crippen LogP contribution in [0.3, 0.4) is 0 Å². The van der Waals surface area contributed by atoms with Crippen LogP contribution in [0.25, 0.3) is 0 Å². The fraction of sp³-hybridized carbons (Fsp3) is 1.00. The first-order chi connectivity index (χ1) is 5.94. The van der Waals surface area contributed by atoms with E-state index in [2.05, 4.69) is 32.6 Å². The first-order valence-corrected chi connectivity index (χ1v) is 5.76. The standard InChI is InChI=1S/C11H22ClN/c1-5-9(2)13-7-10(12)6-11(3,4)8-13/h9-10H,5-8H2,1-4H3. The van der Waals surface area contributed by atoms with Gasteiger partial charge in [0.2, 0.25) is 0 Å². The normalized spacial score (nSPS) is 31.6. The lowest BCUT2D eigenvalue weighted by molar-refractivity contribution is 0.0859. The number of halogens is 1. The Morgan fingerprint density at radius 1 is 1.54 bits per heavy atom. The van der Waals surface area contributed by atoms with Gasteiger partial charge >= 0.3 is 0 Å². The van der Waals surface area contributed by atoms with E-state index in [9.17, 15) is 0 Å². The summed E-state index contributed by atoms with van der Waals surface area (Å²) in [7, 11) is 0. The van der Waals surface area contributed by atoms with Crippen LogP contribution in [0, 0.1) is 5.41 Å². The van der Waals surface area contributed by atoms with Gasteiger partial charge in [-0.05, 0) is 25.2 Å². The zero-order chi connectivity index (χ0) is 10.1. The molecule has 1 rings (SSSR count). The number of piperidine rings is 1. The van der Waals surface area contributed by atoms with Crippen molar-refractivity contribution in [2.45, 2.75) is 52.0 Å². The van der Waals surface area contributed by atoms with Crippen LogP contribution in [-0.4, -0.2) is 29.4 Å². The fourth-order valence-electron chi connectivity index (χ4n) is 2.19. The van der Waals surface area contributed by atoms with Gasteiger partial charge in [0.15, 0.2) is 0 Å². The molecule has 0 radical (unpaired) electrons. The molecule has 0 N–H and O–H groups in total. The summed E-state index contributed by atoms with van der Waals surface area (Å²) in [6, 6.07) is 0.681. The van der Waals surface area contributed by atoms with Gasteiger partial charge < -0.3 is 0 Å². The fourth-order valence-corrected chi connectivity index (χ4v) is 2.79. The Hall–Kier alpha value is 0.250. The quantitative estimate of drug-likeness (QED) is 0.624. The Morgan fingerprint density at radius 3 is 2.62 bits per heavy atom. The Bertz CT molecular complexity index is 167. The van der Waals surface area contributed by atoms with E-state index < -0.39 is 0 Å². The average molecular weight is 204 g/mol. The summed E-state index contributed by atoms with van der Waals surface area (Å²) in [6.07, 6.45) is 2.38. The maximum absolute atomic E-state index is 6.26. The van der Waals surface area contributed by atoms with Crippen molar-refractivity contribution in [2.75, 3.05) is 13.1 Å². The van der Waals surface area contributed by atoms with E-state index in [0.29, 0.717) is 16.8 Å². The molecule has 0 saturated carbocycles. The molecule has 2 heteroatoms. The van der Waals surface area contributed by atoms with Crippen LogP contribution >= 0.6 is 11.6 Å². The highest BCUT2D eigenvalue weighted by molar-refractivity contribution is 6.20. The van der Waals surface area contributed by atoms with Crippen LogP contribution < -0.4 is 0 Å². The molecule has 1 fully saturated rings. The highest BCUT2D eigenvalue weighted by atomic mass is 35.5. The summed E-state index contributed by atoms with van der Waals surface area (Å²) >= 11 is 6.26. The van der Waals surface area contributed by atoms with Crippen LogP contribution in [0.4, 0.5) is 0 Å². The molecule has 0 bridgehead atoms. The van der Waals surface area contributed by atoms with Crippen LogP contribution in [0.1, 0.15) is 40.5 Å². The smallest absolute Gasteiger partial charge is 0.0468 e. The summed E-state index contributed by atoms with van der Waals surface area (Å²) in [4.78, 5) is 2.53. The first-order valence-electron chi connectivity index (χ1n) is 5.33. The zero-order valence-electron chi connectivity index (χ0n) is 9.31. The molecule has 1 heterocycles. The van der Waals surface area contributed by atoms with Gasteiger partial charge in [-0.25, -0.2) is 0 Å². The molecule has 0 aromatic rings. The van der Waals surface area contributed by atoms with Gasteiger partial charge in [-0.1, -0.05) is 20.8 Å². The molecule has 0 aromatic carbocycles. The van der Waals surface area contributed by atoms with Crippen LogP contribution in [0.5, 0.6) is 0 Å². The number of likely N-dealkylation sites (tertiary alicyclic amines) is 1. The number of alkyl halides is 1. The van der Waals surface area contributed by atoms with Gasteiger partial charge in [0.25, 0.3) is 0 Å². The van der Waals surface area contributed by atoms with E-state index in [0.717, 1.165) is 13.0 Å². The minimum absolute atomic E-state index is 0.345. The Labute approximate surface area is 87.4 Å². The maximum Gasteiger partial charge on any atom is 0.0468 e. The maximum atomic E-state index is 6.26. The highest BCUT2D eigenvalue weighted by Crippen LogP contribution is 2.32. The minimum atomic E-state index is 0.345. The minimum Gasteiger partial charge on any atom is -0.299 e. The molecular weight excluding hydrogens is 182 g/mol. The molecule has 0 aliphatic carbocycles. The van der Waals surface area contributed by atoms with Crippen molar-refractivity contribution < 1.29 is 0 Å². The molecule has 1 aliphatic heterocycles. The molecule has 0 aromatic heterocycles. The van der Waals surface area contributed by atoms with Crippen molar-refractivity contribution in [3.05, 3.63) is 0 Å². The monoisotopic (exact) mass is 203 g/mol. The van der Waals surface area contributed by atoms with Gasteiger partial charge in [-0.3, -0.25) is 4.90 Å². The second-order valence-electron chi connectivity index (χ2n) is 5.15. The van der Waals surface area contributed by atoms with E-state index in [1.807, 2.05) is 0 Å². The number of hydrogen-bond acceptors (Lipinski definition) is 1. The van der Waals surface area contributed by atoms with E-state index in [1.165, 1.54) is 13.0 Å². The van der Waals surface area contributed by atoms with Crippen LogP contribution in [0.15, 0.2) is 0 Å². The predicted molar refractivity (Wildman–Crippen MR) is 59.4 cm³/mol. The van der Waals surface area contributed by atoms with E-state index >= 15 is 0 Å². The van der Waals surface area contributed by atoms with Crippen LogP contribution in [-0.2, 0) is 0 Å². The van der Waals surface area contributed by atoms with Crippen molar-refractivity contribution in [3.8, 4) is 0 Å². The number of rotatable bonds is 2. The van der Waals surface area contributed by atoms with Gasteiger partial charge in [0.1, 0.15) is 0 Å². The molecule has 2 atom stereocenters. The molecule has 0 spiro atoms. The molecule has 1 aliphatic rings. The topological polar surface area (TPSA) is 3.24 Å². The lowest BCUT2D eigenvalue weighted by atomic mass is 9.83. The Kier molecular flexibility index (Phi) is 3.64. The van der Waals surface area contributed by atoms with Crippen molar-refractivity contribution in [2.24, 2.45) is 5.41 Å². The predicted octanol–water partition coefficient (Wildman–Crippen LogP) is 3.12. The second-order valence-corrected chi connectivity index (χ2v) is 5.77. The molecule has 0 amide bonds. The molecule has 1 saturated heterocycles. The van der Waals surface area contributed by atoms with E-state index in [-0.39, 0.29) is 0 Å². The molecular formula is C11H22ClN. The summed E-state index contributed by atoms with van der Waals surface area (Å²) in [5.41, 5.74) is 0.397. The van der Waals surface area contributed by atoms with Crippen molar-refractivity contribution in [1.82, 2.24) is 4.90 Å². The summed E-state index contributed by atoms with van der Waals surface area (Å²) in [5, 5.41) is 0.345. The van der Waals surface area contributed by atoms with Crippen LogP contribution in [0.2, 0.25) is 0 Å². The summed E-state index contributed by atoms with van der Waals surface area (Å²) in [5.74, 6) is 0. The number of nitrogens with zero attached hydrogens (tertiary/aromatic N) is 1. The third-order valence-corrected chi connectivity index (χ3v) is 3.34.